The van der Waals surface area contributed by atoms with Gasteiger partial charge in [0, 0.05) is 37.7 Å². The van der Waals surface area contributed by atoms with Crippen LogP contribution in [0.25, 0.3) is 11.3 Å². The van der Waals surface area contributed by atoms with Crippen molar-refractivity contribution in [1.82, 2.24) is 14.8 Å². The predicted octanol–water partition coefficient (Wildman–Crippen LogP) is 1.91. The summed E-state index contributed by atoms with van der Waals surface area (Å²) in [6.07, 6.45) is 6.18. The van der Waals surface area contributed by atoms with E-state index in [1.807, 2.05) is 15.6 Å². The summed E-state index contributed by atoms with van der Waals surface area (Å²) in [7, 11) is 0. The lowest BCUT2D eigenvalue weighted by Gasteiger charge is -2.26. The first-order valence-electron chi connectivity index (χ1n) is 8.95. The first-order valence-corrected chi connectivity index (χ1v) is 8.95. The zero-order valence-corrected chi connectivity index (χ0v) is 14.4. The molecule has 2 fully saturated rings. The van der Waals surface area contributed by atoms with Gasteiger partial charge < -0.3 is 19.8 Å². The molecule has 4 heterocycles. The second kappa shape index (κ2) is 7.05. The molecule has 0 aliphatic carbocycles. The molecule has 4 rings (SSSR count). The van der Waals surface area contributed by atoms with Crippen molar-refractivity contribution in [3.05, 3.63) is 30.1 Å². The minimum Gasteiger partial charge on any atom is -0.478 e. The Bertz CT molecular complexity index is 800. The van der Waals surface area contributed by atoms with E-state index < -0.39 is 12.1 Å². The van der Waals surface area contributed by atoms with Crippen molar-refractivity contribution in [1.29, 1.82) is 0 Å². The van der Waals surface area contributed by atoms with Gasteiger partial charge in [-0.05, 0) is 37.8 Å². The molecule has 0 saturated carbocycles. The highest BCUT2D eigenvalue weighted by Crippen LogP contribution is 2.34. The molecule has 0 bridgehead atoms. The van der Waals surface area contributed by atoms with Gasteiger partial charge in [0.2, 0.25) is 0 Å². The number of carboxylic acids is 1. The number of pyridine rings is 1. The Morgan fingerprint density at radius 2 is 2.19 bits per heavy atom. The summed E-state index contributed by atoms with van der Waals surface area (Å²) < 4.78 is 7.67. The first-order chi connectivity index (χ1) is 12.6. The standard InChI is InChI=1S/C18H22N4O4/c23-13-5-7-21(11-13)17-14(9-12(10-19-17)18(24)25)15-4-6-20-22(15)16-3-1-2-8-26-16/h4,6,9-10,13,16,23H,1-3,5,7-8,11H2,(H,24,25)/t13-,16+/m1/s1. The molecule has 2 saturated heterocycles. The maximum atomic E-state index is 11.5. The zero-order valence-electron chi connectivity index (χ0n) is 14.4. The van der Waals surface area contributed by atoms with Crippen LogP contribution in [-0.4, -0.2) is 56.7 Å². The van der Waals surface area contributed by atoms with Crippen LogP contribution in [0.1, 0.15) is 42.3 Å². The summed E-state index contributed by atoms with van der Waals surface area (Å²) in [6, 6.07) is 3.49. The van der Waals surface area contributed by atoms with Crippen LogP contribution in [0.4, 0.5) is 5.82 Å². The molecule has 0 radical (unpaired) electrons. The van der Waals surface area contributed by atoms with Crippen molar-refractivity contribution in [3.63, 3.8) is 0 Å². The van der Waals surface area contributed by atoms with E-state index in [0.717, 1.165) is 25.0 Å². The van der Waals surface area contributed by atoms with Crippen molar-refractivity contribution in [3.8, 4) is 11.3 Å². The summed E-state index contributed by atoms with van der Waals surface area (Å²) in [5.41, 5.74) is 1.61. The number of aliphatic hydroxyl groups excluding tert-OH is 1. The quantitative estimate of drug-likeness (QED) is 0.861. The number of ether oxygens (including phenoxy) is 1. The van der Waals surface area contributed by atoms with Crippen LogP contribution < -0.4 is 4.90 Å². The second-order valence-electron chi connectivity index (χ2n) is 6.77. The molecular formula is C18H22N4O4. The monoisotopic (exact) mass is 358 g/mol. The third-order valence-electron chi connectivity index (χ3n) is 4.95. The van der Waals surface area contributed by atoms with Crippen molar-refractivity contribution >= 4 is 11.8 Å². The fraction of sp³-hybridized carbons (Fsp3) is 0.500. The van der Waals surface area contributed by atoms with Crippen LogP contribution in [-0.2, 0) is 4.74 Å². The van der Waals surface area contributed by atoms with E-state index in [9.17, 15) is 15.0 Å². The molecule has 0 spiro atoms. The number of aliphatic hydroxyl groups is 1. The van der Waals surface area contributed by atoms with Crippen molar-refractivity contribution in [2.75, 3.05) is 24.6 Å². The molecule has 0 amide bonds. The average Bonchev–Trinajstić information content (AvgIpc) is 3.31. The van der Waals surface area contributed by atoms with Crippen molar-refractivity contribution < 1.29 is 19.7 Å². The summed E-state index contributed by atoms with van der Waals surface area (Å²) in [5.74, 6) is -0.351. The maximum absolute atomic E-state index is 11.5. The van der Waals surface area contributed by atoms with E-state index in [-0.39, 0.29) is 11.8 Å². The lowest BCUT2D eigenvalue weighted by molar-refractivity contribution is -0.0383. The van der Waals surface area contributed by atoms with Gasteiger partial charge in [0.1, 0.15) is 5.82 Å². The van der Waals surface area contributed by atoms with Gasteiger partial charge in [0.25, 0.3) is 0 Å². The van der Waals surface area contributed by atoms with E-state index in [1.54, 1.807) is 12.3 Å². The zero-order chi connectivity index (χ0) is 18.1. The number of hydrogen-bond acceptors (Lipinski definition) is 6. The molecule has 138 valence electrons. The molecule has 2 aromatic rings. The molecule has 26 heavy (non-hydrogen) atoms. The third kappa shape index (κ3) is 3.17. The summed E-state index contributed by atoms with van der Waals surface area (Å²) >= 11 is 0. The number of carboxylic acid groups (broad SMARTS) is 1. The molecule has 8 heteroatoms. The van der Waals surface area contributed by atoms with Gasteiger partial charge >= 0.3 is 5.97 Å². The molecule has 0 aromatic carbocycles. The highest BCUT2D eigenvalue weighted by molar-refractivity contribution is 5.90. The van der Waals surface area contributed by atoms with E-state index >= 15 is 0 Å². The van der Waals surface area contributed by atoms with Gasteiger partial charge in [0.15, 0.2) is 6.23 Å². The normalized spacial score (nSPS) is 23.3. The topological polar surface area (TPSA) is 101 Å². The molecular weight excluding hydrogens is 336 g/mol. The minimum absolute atomic E-state index is 0.126. The second-order valence-corrected chi connectivity index (χ2v) is 6.77. The van der Waals surface area contributed by atoms with Crippen LogP contribution in [0.2, 0.25) is 0 Å². The van der Waals surface area contributed by atoms with Crippen LogP contribution in [0.3, 0.4) is 0 Å². The van der Waals surface area contributed by atoms with E-state index in [2.05, 4.69) is 10.1 Å². The number of rotatable bonds is 4. The number of carbonyl (C=O) groups is 1. The van der Waals surface area contributed by atoms with Crippen molar-refractivity contribution in [2.24, 2.45) is 0 Å². The fourth-order valence-corrected chi connectivity index (χ4v) is 3.62. The minimum atomic E-state index is -1.02. The number of aromatic nitrogens is 3. The summed E-state index contributed by atoms with van der Waals surface area (Å²) in [5, 5.41) is 23.7. The van der Waals surface area contributed by atoms with E-state index in [1.165, 1.54) is 6.20 Å². The largest absolute Gasteiger partial charge is 0.478 e. The highest BCUT2D eigenvalue weighted by Gasteiger charge is 2.27. The summed E-state index contributed by atoms with van der Waals surface area (Å²) in [4.78, 5) is 17.9. The molecule has 2 N–H and O–H groups in total. The molecule has 2 aliphatic heterocycles. The predicted molar refractivity (Wildman–Crippen MR) is 94.1 cm³/mol. The third-order valence-corrected chi connectivity index (χ3v) is 4.95. The number of nitrogens with zero attached hydrogens (tertiary/aromatic N) is 4. The Kier molecular flexibility index (Phi) is 4.60. The Hall–Kier alpha value is -2.45. The lowest BCUT2D eigenvalue weighted by Crippen LogP contribution is -2.24. The lowest BCUT2D eigenvalue weighted by atomic mass is 10.1. The SMILES string of the molecule is O=C(O)c1cnc(N2CC[C@@H](O)C2)c(-c2ccnn2[C@@H]2CCCCO2)c1. The van der Waals surface area contributed by atoms with Gasteiger partial charge in [0.05, 0.1) is 17.4 Å². The first kappa shape index (κ1) is 17.0. The van der Waals surface area contributed by atoms with Gasteiger partial charge in [-0.25, -0.2) is 14.5 Å². The number of anilines is 1. The number of aromatic carboxylic acids is 1. The Balaban J connectivity index is 1.78. The van der Waals surface area contributed by atoms with Gasteiger partial charge in [-0.15, -0.1) is 0 Å². The van der Waals surface area contributed by atoms with Gasteiger partial charge in [-0.3, -0.25) is 0 Å². The molecule has 2 atom stereocenters. The van der Waals surface area contributed by atoms with Gasteiger partial charge in [-0.1, -0.05) is 0 Å². The molecule has 0 unspecified atom stereocenters. The Morgan fingerprint density at radius 1 is 1.31 bits per heavy atom. The van der Waals surface area contributed by atoms with Crippen LogP contribution in [0.15, 0.2) is 24.5 Å². The van der Waals surface area contributed by atoms with E-state index in [4.69, 9.17) is 4.74 Å². The number of β-amino-alcohol motifs (C(OH)–C–C–N with tert-alkyl or cyclic N) is 1. The maximum Gasteiger partial charge on any atom is 0.337 e. The highest BCUT2D eigenvalue weighted by atomic mass is 16.5. The molecule has 2 aromatic heterocycles. The molecule has 8 nitrogen and oxygen atoms in total. The molecule has 2 aliphatic rings. The summed E-state index contributed by atoms with van der Waals surface area (Å²) in [6.45, 7) is 1.87. The Labute approximate surface area is 151 Å². The van der Waals surface area contributed by atoms with Gasteiger partial charge in [-0.2, -0.15) is 5.10 Å². The fourth-order valence-electron chi connectivity index (χ4n) is 3.62. The van der Waals surface area contributed by atoms with Crippen molar-refractivity contribution in [2.45, 2.75) is 38.0 Å². The number of hydrogen-bond donors (Lipinski definition) is 2. The van der Waals surface area contributed by atoms with Crippen LogP contribution in [0, 0.1) is 0 Å². The van der Waals surface area contributed by atoms with E-state index in [0.29, 0.717) is 37.5 Å². The van der Waals surface area contributed by atoms with Crippen LogP contribution >= 0.6 is 0 Å². The van der Waals surface area contributed by atoms with Crippen LogP contribution in [0.5, 0.6) is 0 Å². The Morgan fingerprint density at radius 3 is 2.88 bits per heavy atom. The average molecular weight is 358 g/mol. The smallest absolute Gasteiger partial charge is 0.337 e.